The molecule has 0 unspecified atom stereocenters. The molecule has 0 atom stereocenters. The van der Waals surface area contributed by atoms with Crippen LogP contribution in [0.3, 0.4) is 0 Å². The number of nitrogens with one attached hydrogen (secondary N) is 3. The van der Waals surface area contributed by atoms with E-state index in [0.29, 0.717) is 15.9 Å². The first-order chi connectivity index (χ1) is 12.5. The van der Waals surface area contributed by atoms with Gasteiger partial charge in [-0.1, -0.05) is 32.1 Å². The monoisotopic (exact) mass is 365 g/mol. The van der Waals surface area contributed by atoms with Crippen molar-refractivity contribution in [3.05, 3.63) is 52.8 Å². The highest BCUT2D eigenvalue weighted by atomic mass is 32.1. The maximum absolute atomic E-state index is 10.4. The molecule has 4 aromatic rings. The fourth-order valence-electron chi connectivity index (χ4n) is 3.30. The zero-order valence-corrected chi connectivity index (χ0v) is 15.2. The van der Waals surface area contributed by atoms with Gasteiger partial charge in [0.1, 0.15) is 16.1 Å². The van der Waals surface area contributed by atoms with Gasteiger partial charge in [-0.15, -0.1) is 0 Å². The Morgan fingerprint density at radius 3 is 2.54 bits per heavy atom. The molecule has 4 rings (SSSR count). The number of aromatic nitrogens is 3. The Balaban J connectivity index is 1.95. The topological polar surface area (TPSA) is 87.8 Å². The third-order valence-electron chi connectivity index (χ3n) is 4.66. The van der Waals surface area contributed by atoms with E-state index in [9.17, 15) is 10.2 Å². The second kappa shape index (κ2) is 6.07. The third kappa shape index (κ3) is 2.59. The average molecular weight is 365 g/mol. The first-order valence-corrected chi connectivity index (χ1v) is 8.81. The van der Waals surface area contributed by atoms with Crippen molar-refractivity contribution in [1.82, 2.24) is 15.2 Å². The molecule has 0 fully saturated rings. The summed E-state index contributed by atoms with van der Waals surface area (Å²) in [7, 11) is 0. The van der Waals surface area contributed by atoms with Crippen molar-refractivity contribution in [2.75, 3.05) is 0 Å². The summed E-state index contributed by atoms with van der Waals surface area (Å²) >= 11 is 5.48. The van der Waals surface area contributed by atoms with Gasteiger partial charge >= 0.3 is 0 Å². The molecule has 0 aliphatic rings. The second-order valence-corrected chi connectivity index (χ2v) is 7.10. The predicted octanol–water partition coefficient (Wildman–Crippen LogP) is 5.42. The Kier molecular flexibility index (Phi) is 3.85. The molecule has 0 aliphatic carbocycles. The van der Waals surface area contributed by atoms with E-state index in [2.05, 4.69) is 21.2 Å². The molecule has 0 saturated heterocycles. The number of phenolic OH excluding ortho intramolecular Hbond substituents is 2. The summed E-state index contributed by atoms with van der Waals surface area (Å²) in [5.41, 5.74) is 4.89. The number of fused-ring (bicyclic) bond motifs is 1. The first-order valence-electron chi connectivity index (χ1n) is 8.40. The minimum absolute atomic E-state index is 0.00104. The van der Waals surface area contributed by atoms with Crippen LogP contribution in [0.15, 0.2) is 42.6 Å². The predicted molar refractivity (Wildman–Crippen MR) is 106 cm³/mol. The van der Waals surface area contributed by atoms with Crippen LogP contribution >= 0.6 is 12.2 Å². The Labute approximate surface area is 155 Å². The van der Waals surface area contributed by atoms with Crippen LogP contribution in [0.1, 0.15) is 25.3 Å². The van der Waals surface area contributed by atoms with Crippen LogP contribution in [-0.2, 0) is 0 Å². The van der Waals surface area contributed by atoms with E-state index in [4.69, 9.17) is 12.2 Å². The van der Waals surface area contributed by atoms with E-state index in [-0.39, 0.29) is 17.4 Å². The van der Waals surface area contributed by atoms with Gasteiger partial charge in [0, 0.05) is 28.9 Å². The number of hydrogen-bond acceptors (Lipinski definition) is 3. The standard InChI is InChI=1S/C20H19N3O2S/c1-10(2)13-8-14(17(25)9-16(13)24)19-18(20(26)23-22-19)12-3-4-15-11(7-12)5-6-21-15/h3-10,21,24-25H,1-2H3,(H2,22,23,26). The molecule has 2 heterocycles. The summed E-state index contributed by atoms with van der Waals surface area (Å²) in [6.07, 6.45) is 1.90. The molecule has 2 aromatic carbocycles. The van der Waals surface area contributed by atoms with Crippen LogP contribution < -0.4 is 0 Å². The van der Waals surface area contributed by atoms with Gasteiger partial charge in [-0.25, -0.2) is 0 Å². The fraction of sp³-hybridized carbons (Fsp3) is 0.150. The smallest absolute Gasteiger partial charge is 0.128 e. The Bertz CT molecular complexity index is 1170. The van der Waals surface area contributed by atoms with Gasteiger partial charge < -0.3 is 15.2 Å². The number of aromatic amines is 3. The summed E-state index contributed by atoms with van der Waals surface area (Å²) in [5, 5.41) is 27.7. The molecular formula is C20H19N3O2S. The van der Waals surface area contributed by atoms with Gasteiger partial charge in [0.15, 0.2) is 0 Å². The normalized spacial score (nSPS) is 11.5. The summed E-state index contributed by atoms with van der Waals surface area (Å²) in [6.45, 7) is 3.99. The lowest BCUT2D eigenvalue weighted by molar-refractivity contribution is 0.445. The highest BCUT2D eigenvalue weighted by molar-refractivity contribution is 7.71. The first kappa shape index (κ1) is 16.5. The minimum Gasteiger partial charge on any atom is -0.508 e. The molecule has 26 heavy (non-hydrogen) atoms. The van der Waals surface area contributed by atoms with Crippen molar-refractivity contribution in [2.45, 2.75) is 19.8 Å². The minimum atomic E-state index is 0.00104. The summed E-state index contributed by atoms with van der Waals surface area (Å²) in [6, 6.07) is 11.3. The lowest BCUT2D eigenvalue weighted by Gasteiger charge is -2.13. The number of benzene rings is 2. The van der Waals surface area contributed by atoms with E-state index < -0.39 is 0 Å². The number of phenols is 2. The van der Waals surface area contributed by atoms with Crippen LogP contribution in [-0.4, -0.2) is 25.4 Å². The number of aromatic hydroxyl groups is 2. The summed E-state index contributed by atoms with van der Waals surface area (Å²) < 4.78 is 0.563. The van der Waals surface area contributed by atoms with Crippen molar-refractivity contribution >= 4 is 23.1 Å². The highest BCUT2D eigenvalue weighted by Gasteiger charge is 2.19. The zero-order valence-electron chi connectivity index (χ0n) is 14.4. The van der Waals surface area contributed by atoms with Crippen molar-refractivity contribution in [2.24, 2.45) is 0 Å². The van der Waals surface area contributed by atoms with Gasteiger partial charge in [0.25, 0.3) is 0 Å². The van der Waals surface area contributed by atoms with E-state index in [1.807, 2.05) is 44.3 Å². The SMILES string of the molecule is CC(C)c1cc(-c2[nH][nH]c(=S)c2-c2ccc3[nH]ccc3c2)c(O)cc1O. The van der Waals surface area contributed by atoms with Crippen LogP contribution in [0.5, 0.6) is 11.5 Å². The summed E-state index contributed by atoms with van der Waals surface area (Å²) in [4.78, 5) is 3.18. The zero-order chi connectivity index (χ0) is 18.4. The largest absolute Gasteiger partial charge is 0.508 e. The van der Waals surface area contributed by atoms with E-state index in [0.717, 1.165) is 27.6 Å². The van der Waals surface area contributed by atoms with Gasteiger partial charge in [-0.05, 0) is 46.7 Å². The van der Waals surface area contributed by atoms with Gasteiger partial charge in [0.2, 0.25) is 0 Å². The molecule has 132 valence electrons. The van der Waals surface area contributed by atoms with Gasteiger partial charge in [0.05, 0.1) is 5.69 Å². The second-order valence-electron chi connectivity index (χ2n) is 6.69. The maximum atomic E-state index is 10.4. The highest BCUT2D eigenvalue weighted by Crippen LogP contribution is 2.41. The third-order valence-corrected chi connectivity index (χ3v) is 4.96. The number of hydrogen-bond donors (Lipinski definition) is 5. The molecular weight excluding hydrogens is 346 g/mol. The van der Waals surface area contributed by atoms with Crippen molar-refractivity contribution in [1.29, 1.82) is 0 Å². The molecule has 0 amide bonds. The molecule has 2 aromatic heterocycles. The van der Waals surface area contributed by atoms with Crippen molar-refractivity contribution in [3.63, 3.8) is 0 Å². The summed E-state index contributed by atoms with van der Waals surface area (Å²) in [5.74, 6) is 0.211. The number of rotatable bonds is 3. The Morgan fingerprint density at radius 2 is 1.77 bits per heavy atom. The van der Waals surface area contributed by atoms with Crippen molar-refractivity contribution < 1.29 is 10.2 Å². The average Bonchev–Trinajstić information content (AvgIpc) is 3.20. The lowest BCUT2D eigenvalue weighted by atomic mass is 9.95. The molecule has 0 saturated carbocycles. The molecule has 6 heteroatoms. The molecule has 5 nitrogen and oxygen atoms in total. The van der Waals surface area contributed by atoms with Crippen LogP contribution in [0.4, 0.5) is 0 Å². The Morgan fingerprint density at radius 1 is 0.962 bits per heavy atom. The van der Waals surface area contributed by atoms with E-state index in [1.54, 1.807) is 0 Å². The Hall–Kier alpha value is -2.99. The van der Waals surface area contributed by atoms with E-state index >= 15 is 0 Å². The molecule has 0 bridgehead atoms. The lowest BCUT2D eigenvalue weighted by Crippen LogP contribution is -1.92. The van der Waals surface area contributed by atoms with Crippen LogP contribution in [0.25, 0.3) is 33.3 Å². The molecule has 0 spiro atoms. The van der Waals surface area contributed by atoms with Crippen molar-refractivity contribution in [3.8, 4) is 33.9 Å². The van der Waals surface area contributed by atoms with Crippen LogP contribution in [0.2, 0.25) is 0 Å². The van der Waals surface area contributed by atoms with E-state index in [1.165, 1.54) is 6.07 Å². The quantitative estimate of drug-likeness (QED) is 0.314. The molecule has 0 aliphatic heterocycles. The van der Waals surface area contributed by atoms with Gasteiger partial charge in [-0.3, -0.25) is 10.2 Å². The number of H-pyrrole nitrogens is 3. The molecule has 5 N–H and O–H groups in total. The maximum Gasteiger partial charge on any atom is 0.128 e. The molecule has 0 radical (unpaired) electrons. The van der Waals surface area contributed by atoms with Crippen LogP contribution in [0, 0.1) is 4.64 Å². The fourth-order valence-corrected chi connectivity index (χ4v) is 3.57. The van der Waals surface area contributed by atoms with Gasteiger partial charge in [-0.2, -0.15) is 0 Å².